The first-order valence-electron chi connectivity index (χ1n) is 7.35. The summed E-state index contributed by atoms with van der Waals surface area (Å²) in [5, 5.41) is 4.88. The maximum Gasteiger partial charge on any atom is 0.291 e. The molecule has 0 atom stereocenters. The Bertz CT molecular complexity index is 1150. The second-order valence-corrected chi connectivity index (χ2v) is 6.85. The molecule has 0 N–H and O–H groups in total. The van der Waals surface area contributed by atoms with Crippen LogP contribution in [0.3, 0.4) is 0 Å². The van der Waals surface area contributed by atoms with Crippen LogP contribution < -0.4 is 10.1 Å². The number of rotatable bonds is 2. The van der Waals surface area contributed by atoms with Gasteiger partial charge in [0.15, 0.2) is 5.82 Å². The monoisotopic (exact) mass is 353 g/mol. The van der Waals surface area contributed by atoms with E-state index in [1.54, 1.807) is 6.07 Å². The lowest BCUT2D eigenvalue weighted by atomic mass is 10.1. The Morgan fingerprint density at radius 1 is 1.12 bits per heavy atom. The van der Waals surface area contributed by atoms with E-state index < -0.39 is 0 Å². The van der Waals surface area contributed by atoms with Crippen molar-refractivity contribution in [3.05, 3.63) is 79.6 Å². The molecule has 2 aromatic carbocycles. The zero-order valence-corrected chi connectivity index (χ0v) is 14.3. The Hall–Kier alpha value is -2.50. The fourth-order valence-corrected chi connectivity index (χ4v) is 3.53. The first-order chi connectivity index (χ1) is 11.6. The molecule has 0 saturated heterocycles. The SMILES string of the molecule is Cc1ccc(/C=c2/sc3nc(-c4ccccc4Cl)nn3c2=O)cc1. The second-order valence-electron chi connectivity index (χ2n) is 5.44. The van der Waals surface area contributed by atoms with Crippen LogP contribution >= 0.6 is 22.9 Å². The zero-order valence-electron chi connectivity index (χ0n) is 12.7. The molecule has 0 aliphatic rings. The van der Waals surface area contributed by atoms with Crippen molar-refractivity contribution in [2.24, 2.45) is 0 Å². The van der Waals surface area contributed by atoms with Crippen LogP contribution in [0.1, 0.15) is 11.1 Å². The van der Waals surface area contributed by atoms with Crippen LogP contribution in [0.15, 0.2) is 53.3 Å². The smallest absolute Gasteiger partial charge is 0.266 e. The molecule has 2 heterocycles. The number of aryl methyl sites for hydroxylation is 1. The van der Waals surface area contributed by atoms with E-state index in [1.807, 2.05) is 55.5 Å². The van der Waals surface area contributed by atoms with E-state index in [0.29, 0.717) is 20.3 Å². The molecule has 0 amide bonds. The normalized spacial score (nSPS) is 12.2. The first-order valence-corrected chi connectivity index (χ1v) is 8.54. The van der Waals surface area contributed by atoms with Crippen molar-refractivity contribution in [2.75, 3.05) is 0 Å². The minimum atomic E-state index is -0.165. The largest absolute Gasteiger partial charge is 0.291 e. The first kappa shape index (κ1) is 15.1. The van der Waals surface area contributed by atoms with E-state index in [0.717, 1.165) is 11.1 Å². The number of aromatic nitrogens is 3. The van der Waals surface area contributed by atoms with Crippen LogP contribution in [0.2, 0.25) is 5.02 Å². The average molecular weight is 354 g/mol. The van der Waals surface area contributed by atoms with Crippen molar-refractivity contribution >= 4 is 34.0 Å². The summed E-state index contributed by atoms with van der Waals surface area (Å²) in [5.41, 5.74) is 2.72. The molecule has 0 spiro atoms. The second kappa shape index (κ2) is 5.85. The van der Waals surface area contributed by atoms with E-state index in [2.05, 4.69) is 10.1 Å². The highest BCUT2D eigenvalue weighted by Crippen LogP contribution is 2.25. The van der Waals surface area contributed by atoms with Crippen LogP contribution in [0.25, 0.3) is 22.4 Å². The third-order valence-corrected chi connectivity index (χ3v) is 4.96. The van der Waals surface area contributed by atoms with Crippen molar-refractivity contribution < 1.29 is 0 Å². The molecule has 0 unspecified atom stereocenters. The Kier molecular flexibility index (Phi) is 3.67. The summed E-state index contributed by atoms with van der Waals surface area (Å²) >= 11 is 7.50. The fraction of sp³-hybridized carbons (Fsp3) is 0.0556. The minimum Gasteiger partial charge on any atom is -0.266 e. The van der Waals surface area contributed by atoms with Gasteiger partial charge in [0.2, 0.25) is 4.96 Å². The molecule has 4 nitrogen and oxygen atoms in total. The van der Waals surface area contributed by atoms with Crippen LogP contribution in [-0.2, 0) is 0 Å². The van der Waals surface area contributed by atoms with Gasteiger partial charge in [0.05, 0.1) is 9.55 Å². The van der Waals surface area contributed by atoms with Gasteiger partial charge in [0.1, 0.15) is 0 Å². The van der Waals surface area contributed by atoms with Gasteiger partial charge in [-0.2, -0.15) is 9.50 Å². The van der Waals surface area contributed by atoms with Crippen molar-refractivity contribution in [1.29, 1.82) is 0 Å². The summed E-state index contributed by atoms with van der Waals surface area (Å²) in [6.45, 7) is 2.03. The summed E-state index contributed by atoms with van der Waals surface area (Å²) in [7, 11) is 0. The van der Waals surface area contributed by atoms with Gasteiger partial charge >= 0.3 is 0 Å². The van der Waals surface area contributed by atoms with Gasteiger partial charge in [-0.25, -0.2) is 0 Å². The highest BCUT2D eigenvalue weighted by molar-refractivity contribution is 7.15. The molecule has 24 heavy (non-hydrogen) atoms. The zero-order chi connectivity index (χ0) is 16.7. The quantitative estimate of drug-likeness (QED) is 0.555. The van der Waals surface area contributed by atoms with E-state index >= 15 is 0 Å². The summed E-state index contributed by atoms with van der Waals surface area (Å²) in [6, 6.07) is 15.3. The fourth-order valence-electron chi connectivity index (χ4n) is 2.40. The van der Waals surface area contributed by atoms with Crippen LogP contribution in [-0.4, -0.2) is 14.6 Å². The molecule has 0 aliphatic heterocycles. The molecule has 4 aromatic rings. The number of thiazole rings is 1. The number of fused-ring (bicyclic) bond motifs is 1. The van der Waals surface area contributed by atoms with Crippen molar-refractivity contribution in [1.82, 2.24) is 14.6 Å². The van der Waals surface area contributed by atoms with Gasteiger partial charge in [0.25, 0.3) is 5.56 Å². The van der Waals surface area contributed by atoms with Crippen molar-refractivity contribution in [3.63, 3.8) is 0 Å². The molecule has 0 aliphatic carbocycles. The van der Waals surface area contributed by atoms with E-state index in [1.165, 1.54) is 21.4 Å². The predicted octanol–water partition coefficient (Wildman–Crippen LogP) is 3.33. The van der Waals surface area contributed by atoms with E-state index in [-0.39, 0.29) is 5.56 Å². The number of hydrogen-bond acceptors (Lipinski definition) is 4. The van der Waals surface area contributed by atoms with Crippen molar-refractivity contribution in [3.8, 4) is 11.4 Å². The lowest BCUT2D eigenvalue weighted by Gasteiger charge is -1.96. The molecule has 118 valence electrons. The Balaban J connectivity index is 1.83. The molecule has 0 radical (unpaired) electrons. The summed E-state index contributed by atoms with van der Waals surface area (Å²) in [5.74, 6) is 0.464. The minimum absolute atomic E-state index is 0.165. The molecule has 4 rings (SSSR count). The molecule has 0 saturated carbocycles. The van der Waals surface area contributed by atoms with Gasteiger partial charge in [-0.1, -0.05) is 64.9 Å². The Labute approximate surface area is 146 Å². The van der Waals surface area contributed by atoms with E-state index in [9.17, 15) is 4.79 Å². The summed E-state index contributed by atoms with van der Waals surface area (Å²) < 4.78 is 1.95. The number of benzene rings is 2. The van der Waals surface area contributed by atoms with Gasteiger partial charge in [0, 0.05) is 5.56 Å². The molecular formula is C18H12ClN3OS. The topological polar surface area (TPSA) is 47.3 Å². The van der Waals surface area contributed by atoms with Gasteiger partial charge < -0.3 is 0 Å². The van der Waals surface area contributed by atoms with Gasteiger partial charge in [-0.05, 0) is 30.7 Å². The third kappa shape index (κ3) is 2.62. The van der Waals surface area contributed by atoms with E-state index in [4.69, 9.17) is 11.6 Å². The molecule has 2 aromatic heterocycles. The predicted molar refractivity (Wildman–Crippen MR) is 97.5 cm³/mol. The van der Waals surface area contributed by atoms with Crippen LogP contribution in [0, 0.1) is 6.92 Å². The van der Waals surface area contributed by atoms with Crippen LogP contribution in [0.5, 0.6) is 0 Å². The average Bonchev–Trinajstić information content (AvgIpc) is 3.10. The number of halogens is 1. The summed E-state index contributed by atoms with van der Waals surface area (Å²) in [4.78, 5) is 17.5. The highest BCUT2D eigenvalue weighted by Gasteiger charge is 2.13. The maximum absolute atomic E-state index is 12.5. The highest BCUT2D eigenvalue weighted by atomic mass is 35.5. The standard InChI is InChI=1S/C18H12ClN3OS/c1-11-6-8-12(9-7-11)10-15-17(23)22-18(24-15)20-16(21-22)13-4-2-3-5-14(13)19/h2-10H,1H3/b15-10+. The van der Waals surface area contributed by atoms with Gasteiger partial charge in [-0.15, -0.1) is 5.10 Å². The molecule has 0 bridgehead atoms. The molecular weight excluding hydrogens is 342 g/mol. The lowest BCUT2D eigenvalue weighted by Crippen LogP contribution is -2.23. The van der Waals surface area contributed by atoms with Gasteiger partial charge in [-0.3, -0.25) is 4.79 Å². The number of hydrogen-bond donors (Lipinski definition) is 0. The third-order valence-electron chi connectivity index (χ3n) is 3.67. The Morgan fingerprint density at radius 2 is 1.88 bits per heavy atom. The molecule has 6 heteroatoms. The molecule has 0 fully saturated rings. The lowest BCUT2D eigenvalue weighted by molar-refractivity contribution is 0.937. The number of nitrogens with zero attached hydrogens (tertiary/aromatic N) is 3. The van der Waals surface area contributed by atoms with Crippen LogP contribution in [0.4, 0.5) is 0 Å². The van der Waals surface area contributed by atoms with Crippen molar-refractivity contribution in [2.45, 2.75) is 6.92 Å². The maximum atomic E-state index is 12.5. The Morgan fingerprint density at radius 3 is 2.58 bits per heavy atom. The summed E-state index contributed by atoms with van der Waals surface area (Å²) in [6.07, 6.45) is 1.86.